The van der Waals surface area contributed by atoms with Gasteiger partial charge in [-0.05, 0) is 32.1 Å². The quantitative estimate of drug-likeness (QED) is 0.801. The molecule has 0 radical (unpaired) electrons. The van der Waals surface area contributed by atoms with Crippen molar-refractivity contribution in [2.24, 2.45) is 0 Å². The van der Waals surface area contributed by atoms with E-state index in [-0.39, 0.29) is 10.7 Å². The van der Waals surface area contributed by atoms with Gasteiger partial charge in [0.1, 0.15) is 0 Å². The average Bonchev–Trinajstić information content (AvgIpc) is 2.68. The maximum atomic E-state index is 13.7. The van der Waals surface area contributed by atoms with Gasteiger partial charge >= 0.3 is 11.8 Å². The number of carbonyl (C=O) groups excluding carboxylic acids is 2. The fourth-order valence-electron chi connectivity index (χ4n) is 2.17. The highest BCUT2D eigenvalue weighted by molar-refractivity contribution is 6.39. The molecule has 1 aliphatic rings. The molecule has 1 aliphatic heterocycles. The molecule has 1 aromatic carbocycles. The van der Waals surface area contributed by atoms with Gasteiger partial charge in [-0.2, -0.15) is 0 Å². The number of hydrogen-bond acceptors (Lipinski definition) is 3. The van der Waals surface area contributed by atoms with Gasteiger partial charge in [-0.1, -0.05) is 17.7 Å². The zero-order chi connectivity index (χ0) is 15.4. The predicted molar refractivity (Wildman–Crippen MR) is 78.7 cm³/mol. The van der Waals surface area contributed by atoms with E-state index >= 15 is 0 Å². The molecule has 0 bridgehead atoms. The summed E-state index contributed by atoms with van der Waals surface area (Å²) in [6.45, 7) is 2.61. The summed E-state index contributed by atoms with van der Waals surface area (Å²) < 4.78 is 13.7. The maximum Gasteiger partial charge on any atom is 0.313 e. The molecule has 0 aromatic heterocycles. The number of rotatable bonds is 1. The van der Waals surface area contributed by atoms with Crippen molar-refractivity contribution >= 4 is 29.1 Å². The average molecular weight is 314 g/mol. The Bertz CT molecular complexity index is 553. The molecule has 1 saturated heterocycles. The Morgan fingerprint density at radius 3 is 2.76 bits per heavy atom. The van der Waals surface area contributed by atoms with Gasteiger partial charge in [0.15, 0.2) is 5.82 Å². The van der Waals surface area contributed by atoms with Gasteiger partial charge in [-0.15, -0.1) is 0 Å². The summed E-state index contributed by atoms with van der Waals surface area (Å²) in [4.78, 5) is 27.6. The summed E-state index contributed by atoms with van der Waals surface area (Å²) in [5.74, 6) is -2.23. The summed E-state index contributed by atoms with van der Waals surface area (Å²) in [5.41, 5.74) is -0.0900. The molecule has 0 aliphatic carbocycles. The van der Waals surface area contributed by atoms with Crippen LogP contribution in [0, 0.1) is 5.82 Å². The van der Waals surface area contributed by atoms with Crippen LogP contribution in [0.5, 0.6) is 0 Å². The lowest BCUT2D eigenvalue weighted by Crippen LogP contribution is -2.41. The van der Waals surface area contributed by atoms with E-state index in [9.17, 15) is 14.0 Å². The lowest BCUT2D eigenvalue weighted by molar-refractivity contribution is -0.143. The molecule has 1 N–H and O–H groups in total. The third-order valence-corrected chi connectivity index (χ3v) is 3.69. The molecule has 7 heteroatoms. The highest BCUT2D eigenvalue weighted by atomic mass is 35.5. The molecule has 1 fully saturated rings. The van der Waals surface area contributed by atoms with Crippen molar-refractivity contribution in [2.45, 2.75) is 6.42 Å². The fourth-order valence-corrected chi connectivity index (χ4v) is 2.34. The second-order valence-corrected chi connectivity index (χ2v) is 5.41. The van der Waals surface area contributed by atoms with Crippen LogP contribution in [0.2, 0.25) is 5.02 Å². The molecule has 0 saturated carbocycles. The van der Waals surface area contributed by atoms with Gasteiger partial charge in [0, 0.05) is 19.6 Å². The lowest BCUT2D eigenvalue weighted by atomic mass is 10.3. The first-order valence-electron chi connectivity index (χ1n) is 6.72. The highest BCUT2D eigenvalue weighted by Crippen LogP contribution is 2.22. The van der Waals surface area contributed by atoms with E-state index in [2.05, 4.69) is 10.2 Å². The van der Waals surface area contributed by atoms with Gasteiger partial charge < -0.3 is 15.1 Å². The van der Waals surface area contributed by atoms with Crippen molar-refractivity contribution in [3.63, 3.8) is 0 Å². The van der Waals surface area contributed by atoms with Crippen LogP contribution >= 0.6 is 11.6 Å². The van der Waals surface area contributed by atoms with Crippen LogP contribution in [0.25, 0.3) is 0 Å². The third kappa shape index (κ3) is 3.92. The van der Waals surface area contributed by atoms with E-state index in [0.717, 1.165) is 13.0 Å². The zero-order valence-corrected chi connectivity index (χ0v) is 12.5. The standard InChI is InChI=1S/C14H17ClFN3O2/c1-18-6-3-7-19(9-8-18)14(21)13(20)17-11-5-2-4-10(15)12(11)16/h2,4-5H,3,6-9H2,1H3,(H,17,20). The number of hydrogen-bond donors (Lipinski definition) is 1. The molecule has 0 spiro atoms. The van der Waals surface area contributed by atoms with Crippen molar-refractivity contribution < 1.29 is 14.0 Å². The number of nitrogens with zero attached hydrogens (tertiary/aromatic N) is 2. The van der Waals surface area contributed by atoms with Gasteiger partial charge in [0.2, 0.25) is 0 Å². The molecule has 0 unspecified atom stereocenters. The normalized spacial score (nSPS) is 16.4. The summed E-state index contributed by atoms with van der Waals surface area (Å²) in [7, 11) is 1.97. The summed E-state index contributed by atoms with van der Waals surface area (Å²) >= 11 is 5.64. The molecular weight excluding hydrogens is 297 g/mol. The Morgan fingerprint density at radius 1 is 1.24 bits per heavy atom. The van der Waals surface area contributed by atoms with E-state index in [1.165, 1.54) is 23.1 Å². The van der Waals surface area contributed by atoms with Crippen LogP contribution in [0.1, 0.15) is 6.42 Å². The molecule has 0 atom stereocenters. The van der Waals surface area contributed by atoms with Crippen LogP contribution in [0.15, 0.2) is 18.2 Å². The number of likely N-dealkylation sites (N-methyl/N-ethyl adjacent to an activating group) is 1. The Hall–Kier alpha value is -1.66. The topological polar surface area (TPSA) is 52.7 Å². The highest BCUT2D eigenvalue weighted by Gasteiger charge is 2.24. The van der Waals surface area contributed by atoms with Crippen molar-refractivity contribution in [2.75, 3.05) is 38.5 Å². The van der Waals surface area contributed by atoms with Crippen LogP contribution < -0.4 is 5.32 Å². The molecular formula is C14H17ClFN3O2. The van der Waals surface area contributed by atoms with Crippen LogP contribution in [0.4, 0.5) is 10.1 Å². The zero-order valence-electron chi connectivity index (χ0n) is 11.7. The summed E-state index contributed by atoms with van der Waals surface area (Å²) in [6, 6.07) is 4.24. The first-order chi connectivity index (χ1) is 9.99. The molecule has 5 nitrogen and oxygen atoms in total. The largest absolute Gasteiger partial charge is 0.333 e. The lowest BCUT2D eigenvalue weighted by Gasteiger charge is -2.19. The van der Waals surface area contributed by atoms with Gasteiger partial charge in [-0.25, -0.2) is 4.39 Å². The fraction of sp³-hybridized carbons (Fsp3) is 0.429. The first-order valence-corrected chi connectivity index (χ1v) is 7.09. The number of benzene rings is 1. The minimum atomic E-state index is -0.847. The van der Waals surface area contributed by atoms with Crippen molar-refractivity contribution in [3.05, 3.63) is 29.0 Å². The van der Waals surface area contributed by atoms with E-state index in [1.807, 2.05) is 7.05 Å². The van der Waals surface area contributed by atoms with Gasteiger partial charge in [0.05, 0.1) is 10.7 Å². The minimum Gasteiger partial charge on any atom is -0.333 e. The smallest absolute Gasteiger partial charge is 0.313 e. The molecule has 21 heavy (non-hydrogen) atoms. The minimum absolute atomic E-state index is 0.0900. The van der Waals surface area contributed by atoms with Gasteiger partial charge in [-0.3, -0.25) is 9.59 Å². The SMILES string of the molecule is CN1CCCN(C(=O)C(=O)Nc2cccc(Cl)c2F)CC1. The number of anilines is 1. The molecule has 2 amide bonds. The Labute approximate surface area is 127 Å². The van der Waals surface area contributed by atoms with Crippen LogP contribution in [-0.4, -0.2) is 54.8 Å². The van der Waals surface area contributed by atoms with Crippen LogP contribution in [-0.2, 0) is 9.59 Å². The number of carbonyl (C=O) groups is 2. The van der Waals surface area contributed by atoms with Crippen molar-refractivity contribution in [3.8, 4) is 0 Å². The Morgan fingerprint density at radius 2 is 2.00 bits per heavy atom. The Balaban J connectivity index is 2.02. The van der Waals surface area contributed by atoms with Crippen LogP contribution in [0.3, 0.4) is 0 Å². The van der Waals surface area contributed by atoms with E-state index in [0.29, 0.717) is 19.6 Å². The van der Waals surface area contributed by atoms with E-state index in [4.69, 9.17) is 11.6 Å². The second kappa shape index (κ2) is 6.87. The molecule has 2 rings (SSSR count). The van der Waals surface area contributed by atoms with Crippen molar-refractivity contribution in [1.82, 2.24) is 9.80 Å². The number of nitrogens with one attached hydrogen (secondary N) is 1. The molecule has 1 aromatic rings. The molecule has 114 valence electrons. The maximum absolute atomic E-state index is 13.7. The summed E-state index contributed by atoms with van der Waals surface area (Å²) in [5, 5.41) is 2.18. The summed E-state index contributed by atoms with van der Waals surface area (Å²) in [6.07, 6.45) is 0.807. The monoisotopic (exact) mass is 313 g/mol. The predicted octanol–water partition coefficient (Wildman–Crippen LogP) is 1.58. The molecule has 1 heterocycles. The Kier molecular flexibility index (Phi) is 5.14. The van der Waals surface area contributed by atoms with E-state index in [1.54, 1.807) is 0 Å². The number of halogens is 2. The van der Waals surface area contributed by atoms with Gasteiger partial charge in [0.25, 0.3) is 0 Å². The second-order valence-electron chi connectivity index (χ2n) is 5.00. The van der Waals surface area contributed by atoms with E-state index < -0.39 is 17.6 Å². The first kappa shape index (κ1) is 15.7. The number of amides is 2. The van der Waals surface area contributed by atoms with Crippen molar-refractivity contribution in [1.29, 1.82) is 0 Å². The third-order valence-electron chi connectivity index (χ3n) is 3.40.